The van der Waals surface area contributed by atoms with Crippen molar-refractivity contribution < 1.29 is 9.90 Å². The fourth-order valence-electron chi connectivity index (χ4n) is 1.03. The summed E-state index contributed by atoms with van der Waals surface area (Å²) in [5.74, 6) is -0.922. The first kappa shape index (κ1) is 12.5. The van der Waals surface area contributed by atoms with E-state index in [2.05, 4.69) is 10.1 Å². The quantitative estimate of drug-likeness (QED) is 0.543. The normalized spacial score (nSPS) is 12.4. The molecule has 0 aromatic carbocycles. The second-order valence-electron chi connectivity index (χ2n) is 3.23. The third kappa shape index (κ3) is 3.23. The van der Waals surface area contributed by atoms with Gasteiger partial charge in [0.15, 0.2) is 5.16 Å². The van der Waals surface area contributed by atoms with Crippen LogP contribution in [0.2, 0.25) is 0 Å². The van der Waals surface area contributed by atoms with Crippen molar-refractivity contribution >= 4 is 17.7 Å². The zero-order valence-electron chi connectivity index (χ0n) is 8.76. The first-order valence-electron chi connectivity index (χ1n) is 4.46. The third-order valence-electron chi connectivity index (χ3n) is 1.72. The molecule has 0 aliphatic heterocycles. The van der Waals surface area contributed by atoms with Gasteiger partial charge in [0.1, 0.15) is 0 Å². The second kappa shape index (κ2) is 4.97. The molecule has 0 radical (unpaired) electrons. The molecule has 8 heteroatoms. The summed E-state index contributed by atoms with van der Waals surface area (Å²) in [5.41, 5.74) is -1.67. The number of aromatic amines is 1. The molecule has 0 saturated carbocycles. The SMILES string of the molecule is CC(CC(=O)O)Sc1nc(=O)c(=O)[nH]n1C. The topological polar surface area (TPSA) is 105 Å². The minimum absolute atomic E-state index is 0.0420. The Labute approximate surface area is 94.5 Å². The number of carboxylic acid groups (broad SMARTS) is 1. The number of aryl methyl sites for hydroxylation is 1. The maximum absolute atomic E-state index is 11.0. The van der Waals surface area contributed by atoms with Crippen molar-refractivity contribution in [1.82, 2.24) is 14.8 Å². The predicted octanol–water partition coefficient (Wildman–Crippen LogP) is -0.576. The molecular weight excluding hydrogens is 234 g/mol. The van der Waals surface area contributed by atoms with E-state index in [9.17, 15) is 14.4 Å². The number of carboxylic acids is 1. The number of hydrogen-bond donors (Lipinski definition) is 2. The van der Waals surface area contributed by atoms with Crippen LogP contribution in [-0.2, 0) is 11.8 Å². The summed E-state index contributed by atoms with van der Waals surface area (Å²) in [7, 11) is 1.53. The third-order valence-corrected chi connectivity index (χ3v) is 2.86. The lowest BCUT2D eigenvalue weighted by Gasteiger charge is -2.09. The molecule has 16 heavy (non-hydrogen) atoms. The van der Waals surface area contributed by atoms with Gasteiger partial charge in [0, 0.05) is 12.3 Å². The zero-order valence-corrected chi connectivity index (χ0v) is 9.58. The summed E-state index contributed by atoms with van der Waals surface area (Å²) in [5, 5.41) is 10.9. The first-order valence-corrected chi connectivity index (χ1v) is 5.34. The fourth-order valence-corrected chi connectivity index (χ4v) is 1.96. The van der Waals surface area contributed by atoms with Gasteiger partial charge in [0.25, 0.3) is 0 Å². The fraction of sp³-hybridized carbons (Fsp3) is 0.500. The average molecular weight is 245 g/mol. The standard InChI is InChI=1S/C8H11N3O4S/c1-4(3-5(12)13)16-8-9-6(14)7(15)10-11(8)2/h4H,3H2,1-2H3,(H,10,15)(H,12,13). The van der Waals surface area contributed by atoms with E-state index in [1.165, 1.54) is 11.7 Å². The number of aromatic nitrogens is 3. The smallest absolute Gasteiger partial charge is 0.339 e. The summed E-state index contributed by atoms with van der Waals surface area (Å²) in [6.07, 6.45) is -0.0420. The molecule has 1 aromatic rings. The van der Waals surface area contributed by atoms with E-state index in [0.29, 0.717) is 5.16 Å². The highest BCUT2D eigenvalue weighted by atomic mass is 32.2. The van der Waals surface area contributed by atoms with Crippen LogP contribution in [0.25, 0.3) is 0 Å². The van der Waals surface area contributed by atoms with Gasteiger partial charge in [-0.1, -0.05) is 18.7 Å². The molecule has 1 atom stereocenters. The van der Waals surface area contributed by atoms with Crippen LogP contribution in [-0.4, -0.2) is 31.1 Å². The van der Waals surface area contributed by atoms with E-state index in [0.717, 1.165) is 11.8 Å². The molecule has 0 spiro atoms. The molecule has 0 bridgehead atoms. The Hall–Kier alpha value is -1.57. The maximum Gasteiger partial charge on any atom is 0.339 e. The minimum atomic E-state index is -0.922. The lowest BCUT2D eigenvalue weighted by molar-refractivity contribution is -0.136. The number of carbonyl (C=O) groups is 1. The number of thioether (sulfide) groups is 1. The van der Waals surface area contributed by atoms with Crippen LogP contribution < -0.4 is 11.1 Å². The largest absolute Gasteiger partial charge is 0.481 e. The van der Waals surface area contributed by atoms with Crippen molar-refractivity contribution in [2.45, 2.75) is 23.8 Å². The van der Waals surface area contributed by atoms with Gasteiger partial charge in [0.05, 0.1) is 6.42 Å². The van der Waals surface area contributed by atoms with Crippen molar-refractivity contribution in [3.63, 3.8) is 0 Å². The van der Waals surface area contributed by atoms with Crippen LogP contribution >= 0.6 is 11.8 Å². The number of aliphatic carboxylic acids is 1. The molecule has 2 N–H and O–H groups in total. The second-order valence-corrected chi connectivity index (χ2v) is 4.63. The molecule has 0 fully saturated rings. The van der Waals surface area contributed by atoms with Gasteiger partial charge in [0.2, 0.25) is 0 Å². The van der Waals surface area contributed by atoms with Crippen LogP contribution in [0.4, 0.5) is 0 Å². The van der Waals surface area contributed by atoms with Crippen molar-refractivity contribution in [1.29, 1.82) is 0 Å². The number of rotatable bonds is 4. The lowest BCUT2D eigenvalue weighted by atomic mass is 10.3. The Morgan fingerprint density at radius 1 is 1.62 bits per heavy atom. The van der Waals surface area contributed by atoms with E-state index in [1.807, 2.05) is 0 Å². The maximum atomic E-state index is 11.0. The van der Waals surface area contributed by atoms with E-state index in [1.54, 1.807) is 6.92 Å². The van der Waals surface area contributed by atoms with E-state index < -0.39 is 17.1 Å². The van der Waals surface area contributed by atoms with Crippen molar-refractivity contribution in [2.24, 2.45) is 7.05 Å². The van der Waals surface area contributed by atoms with Gasteiger partial charge < -0.3 is 5.11 Å². The first-order chi connectivity index (χ1) is 7.40. The summed E-state index contributed by atoms with van der Waals surface area (Å²) in [4.78, 5) is 35.9. The van der Waals surface area contributed by atoms with Crippen LogP contribution in [0, 0.1) is 0 Å². The highest BCUT2D eigenvalue weighted by molar-refractivity contribution is 7.99. The minimum Gasteiger partial charge on any atom is -0.481 e. The summed E-state index contributed by atoms with van der Waals surface area (Å²) in [6, 6.07) is 0. The summed E-state index contributed by atoms with van der Waals surface area (Å²) in [6.45, 7) is 1.70. The van der Waals surface area contributed by atoms with Crippen LogP contribution in [0.1, 0.15) is 13.3 Å². The zero-order chi connectivity index (χ0) is 12.3. The molecular formula is C8H11N3O4S. The van der Waals surface area contributed by atoms with Crippen molar-refractivity contribution in [3.8, 4) is 0 Å². The Morgan fingerprint density at radius 2 is 2.25 bits per heavy atom. The van der Waals surface area contributed by atoms with Gasteiger partial charge in [-0.15, -0.1) is 0 Å². The Bertz CT molecular complexity index is 507. The molecule has 1 rings (SSSR count). The van der Waals surface area contributed by atoms with Gasteiger partial charge in [-0.25, -0.2) is 0 Å². The van der Waals surface area contributed by atoms with Gasteiger partial charge in [-0.2, -0.15) is 4.98 Å². The van der Waals surface area contributed by atoms with Gasteiger partial charge >= 0.3 is 17.1 Å². The number of nitrogens with zero attached hydrogens (tertiary/aromatic N) is 2. The predicted molar refractivity (Wildman–Crippen MR) is 57.7 cm³/mol. The molecule has 0 aliphatic carbocycles. The molecule has 0 aliphatic rings. The Balaban J connectivity index is 2.89. The molecule has 1 heterocycles. The van der Waals surface area contributed by atoms with Gasteiger partial charge in [-0.05, 0) is 0 Å². The summed E-state index contributed by atoms with van der Waals surface area (Å²) < 4.78 is 1.30. The molecule has 0 saturated heterocycles. The molecule has 7 nitrogen and oxygen atoms in total. The van der Waals surface area contributed by atoms with E-state index in [-0.39, 0.29) is 11.7 Å². The monoisotopic (exact) mass is 245 g/mol. The lowest BCUT2D eigenvalue weighted by Crippen LogP contribution is -2.34. The van der Waals surface area contributed by atoms with Crippen molar-refractivity contribution in [2.75, 3.05) is 0 Å². The van der Waals surface area contributed by atoms with Crippen LogP contribution in [0.3, 0.4) is 0 Å². The highest BCUT2D eigenvalue weighted by Crippen LogP contribution is 2.20. The number of nitrogens with one attached hydrogen (secondary N) is 1. The molecule has 0 amide bonds. The number of hydrogen-bond acceptors (Lipinski definition) is 5. The van der Waals surface area contributed by atoms with Crippen molar-refractivity contribution in [3.05, 3.63) is 20.7 Å². The molecule has 88 valence electrons. The van der Waals surface area contributed by atoms with E-state index in [4.69, 9.17) is 5.11 Å². The Kier molecular flexibility index (Phi) is 3.88. The summed E-state index contributed by atoms with van der Waals surface area (Å²) >= 11 is 1.12. The highest BCUT2D eigenvalue weighted by Gasteiger charge is 2.12. The molecule has 1 aromatic heterocycles. The van der Waals surface area contributed by atoms with Crippen LogP contribution in [0.15, 0.2) is 14.7 Å². The Morgan fingerprint density at radius 3 is 2.81 bits per heavy atom. The number of H-pyrrole nitrogens is 1. The van der Waals surface area contributed by atoms with Crippen LogP contribution in [0.5, 0.6) is 0 Å². The molecule has 1 unspecified atom stereocenters. The average Bonchev–Trinajstić information content (AvgIpc) is 2.12. The van der Waals surface area contributed by atoms with E-state index >= 15 is 0 Å². The van der Waals surface area contributed by atoms with Gasteiger partial charge in [-0.3, -0.25) is 24.2 Å².